The molecule has 0 aliphatic carbocycles. The van der Waals surface area contributed by atoms with E-state index >= 15 is 0 Å². The zero-order chi connectivity index (χ0) is 21.8. The minimum Gasteiger partial charge on any atom is -0.497 e. The quantitative estimate of drug-likeness (QED) is 0.489. The van der Waals surface area contributed by atoms with E-state index in [1.807, 2.05) is 61.6 Å². The molecule has 1 heterocycles. The number of methoxy groups -OCH3 is 2. The summed E-state index contributed by atoms with van der Waals surface area (Å²) in [6.45, 7) is 0. The highest BCUT2D eigenvalue weighted by molar-refractivity contribution is 5.95. The van der Waals surface area contributed by atoms with E-state index < -0.39 is 0 Å². The van der Waals surface area contributed by atoms with Gasteiger partial charge < -0.3 is 19.4 Å². The monoisotopic (exact) mass is 415 g/mol. The third-order valence-corrected chi connectivity index (χ3v) is 5.39. The minimum absolute atomic E-state index is 0.204. The van der Waals surface area contributed by atoms with E-state index in [9.17, 15) is 4.79 Å². The highest BCUT2D eigenvalue weighted by Crippen LogP contribution is 2.25. The number of rotatable bonds is 7. The van der Waals surface area contributed by atoms with Crippen molar-refractivity contribution in [3.8, 4) is 11.5 Å². The normalized spacial score (nSPS) is 11.8. The van der Waals surface area contributed by atoms with Gasteiger partial charge in [-0.3, -0.25) is 4.79 Å². The van der Waals surface area contributed by atoms with Crippen LogP contribution in [0.4, 0.5) is 0 Å². The Morgan fingerprint density at radius 2 is 1.61 bits per heavy atom. The second-order valence-corrected chi connectivity index (χ2v) is 7.32. The molecule has 0 bridgehead atoms. The molecule has 1 aromatic heterocycles. The lowest BCUT2D eigenvalue weighted by atomic mass is 10.0. The largest absolute Gasteiger partial charge is 0.497 e. The third-order valence-electron chi connectivity index (χ3n) is 5.39. The molecule has 6 nitrogen and oxygen atoms in total. The molecule has 158 valence electrons. The van der Waals surface area contributed by atoms with E-state index in [2.05, 4.69) is 9.88 Å². The molecule has 6 heteroatoms. The number of para-hydroxylation sites is 2. The summed E-state index contributed by atoms with van der Waals surface area (Å²) >= 11 is 0. The standard InChI is InChI=1S/C25H25N3O3/c1-28-23-12-8-7-11-21(23)26-24(28)16-22(17-9-5-4-6-10-17)27-25(29)18-13-19(30-2)15-20(14-18)31-3/h4-15,22H,16H2,1-3H3,(H,27,29)/t22-/m0/s1. The molecule has 3 aromatic carbocycles. The van der Waals surface area contributed by atoms with E-state index in [0.717, 1.165) is 22.4 Å². The van der Waals surface area contributed by atoms with E-state index in [0.29, 0.717) is 23.5 Å². The number of nitrogens with one attached hydrogen (secondary N) is 1. The molecule has 0 unspecified atom stereocenters. The van der Waals surface area contributed by atoms with E-state index in [1.54, 1.807) is 32.4 Å². The van der Waals surface area contributed by atoms with Gasteiger partial charge in [-0.05, 0) is 29.8 Å². The third kappa shape index (κ3) is 4.38. The number of aryl methyl sites for hydroxylation is 1. The van der Waals surface area contributed by atoms with Crippen LogP contribution in [0.5, 0.6) is 11.5 Å². The Labute approximate surface area is 181 Å². The number of hydrogen-bond donors (Lipinski definition) is 1. The molecule has 0 aliphatic heterocycles. The molecule has 4 rings (SSSR count). The molecule has 1 atom stereocenters. The maximum atomic E-state index is 13.2. The van der Waals surface area contributed by atoms with Crippen molar-refractivity contribution in [3.05, 3.63) is 89.7 Å². The molecular formula is C25H25N3O3. The molecule has 31 heavy (non-hydrogen) atoms. The summed E-state index contributed by atoms with van der Waals surface area (Å²) in [5, 5.41) is 3.17. The van der Waals surface area contributed by atoms with Crippen LogP contribution in [-0.2, 0) is 13.5 Å². The number of amides is 1. The maximum Gasteiger partial charge on any atom is 0.252 e. The number of aromatic nitrogens is 2. The van der Waals surface area contributed by atoms with Gasteiger partial charge in [0.05, 0.1) is 31.3 Å². The molecule has 0 fully saturated rings. The zero-order valence-corrected chi connectivity index (χ0v) is 17.8. The van der Waals surface area contributed by atoms with Gasteiger partial charge in [0.2, 0.25) is 0 Å². The Hall–Kier alpha value is -3.80. The van der Waals surface area contributed by atoms with Crippen LogP contribution in [0.2, 0.25) is 0 Å². The van der Waals surface area contributed by atoms with E-state index in [4.69, 9.17) is 14.5 Å². The number of carbonyl (C=O) groups excluding carboxylic acids is 1. The highest BCUT2D eigenvalue weighted by Gasteiger charge is 2.20. The molecule has 1 N–H and O–H groups in total. The highest BCUT2D eigenvalue weighted by atomic mass is 16.5. The number of carbonyl (C=O) groups is 1. The SMILES string of the molecule is COc1cc(OC)cc(C(=O)N[C@@H](Cc2nc3ccccc3n2C)c2ccccc2)c1. The van der Waals surface area contributed by atoms with Crippen LogP contribution in [-0.4, -0.2) is 29.7 Å². The van der Waals surface area contributed by atoms with E-state index in [-0.39, 0.29) is 11.9 Å². The minimum atomic E-state index is -0.249. The first-order valence-corrected chi connectivity index (χ1v) is 10.1. The van der Waals surface area contributed by atoms with Crippen LogP contribution in [0, 0.1) is 0 Å². The Morgan fingerprint density at radius 1 is 0.968 bits per heavy atom. The van der Waals surface area contributed by atoms with Crippen LogP contribution in [0.1, 0.15) is 27.8 Å². The summed E-state index contributed by atoms with van der Waals surface area (Å²) in [5.41, 5.74) is 3.49. The van der Waals surface area contributed by atoms with Gasteiger partial charge in [-0.15, -0.1) is 0 Å². The predicted octanol–water partition coefficient (Wildman–Crippen LogP) is 4.30. The van der Waals surface area contributed by atoms with Crippen molar-refractivity contribution in [1.82, 2.24) is 14.9 Å². The van der Waals surface area contributed by atoms with Gasteiger partial charge in [0.1, 0.15) is 17.3 Å². The zero-order valence-electron chi connectivity index (χ0n) is 17.8. The number of benzene rings is 3. The number of nitrogens with zero attached hydrogens (tertiary/aromatic N) is 2. The Bertz CT molecular complexity index is 1180. The lowest BCUT2D eigenvalue weighted by molar-refractivity contribution is 0.0935. The second-order valence-electron chi connectivity index (χ2n) is 7.32. The summed E-state index contributed by atoms with van der Waals surface area (Å²) in [4.78, 5) is 17.9. The van der Waals surface area contributed by atoms with Gasteiger partial charge in [-0.2, -0.15) is 0 Å². The lowest BCUT2D eigenvalue weighted by Gasteiger charge is -2.20. The van der Waals surface area contributed by atoms with Crippen LogP contribution in [0.3, 0.4) is 0 Å². The first-order valence-electron chi connectivity index (χ1n) is 10.1. The molecule has 0 saturated heterocycles. The molecule has 0 saturated carbocycles. The summed E-state index contributed by atoms with van der Waals surface area (Å²) in [5.74, 6) is 1.83. The van der Waals surface area contributed by atoms with Crippen molar-refractivity contribution in [3.63, 3.8) is 0 Å². The van der Waals surface area contributed by atoms with Crippen molar-refractivity contribution < 1.29 is 14.3 Å². The average molecular weight is 415 g/mol. The summed E-state index contributed by atoms with van der Waals surface area (Å²) < 4.78 is 12.7. The number of hydrogen-bond acceptors (Lipinski definition) is 4. The summed E-state index contributed by atoms with van der Waals surface area (Å²) in [6, 6.07) is 22.9. The fourth-order valence-electron chi connectivity index (χ4n) is 3.68. The van der Waals surface area contributed by atoms with Crippen molar-refractivity contribution in [2.24, 2.45) is 7.05 Å². The van der Waals surface area contributed by atoms with Crippen LogP contribution >= 0.6 is 0 Å². The smallest absolute Gasteiger partial charge is 0.252 e. The topological polar surface area (TPSA) is 65.4 Å². The van der Waals surface area contributed by atoms with Crippen molar-refractivity contribution in [2.75, 3.05) is 14.2 Å². The van der Waals surface area contributed by atoms with Gasteiger partial charge in [0.25, 0.3) is 5.91 Å². The van der Waals surface area contributed by atoms with Gasteiger partial charge in [-0.25, -0.2) is 4.98 Å². The van der Waals surface area contributed by atoms with Gasteiger partial charge in [-0.1, -0.05) is 42.5 Å². The first-order chi connectivity index (χ1) is 15.1. The van der Waals surface area contributed by atoms with E-state index in [1.165, 1.54) is 0 Å². The predicted molar refractivity (Wildman–Crippen MR) is 121 cm³/mol. The number of fused-ring (bicyclic) bond motifs is 1. The molecule has 4 aromatic rings. The number of imidazole rings is 1. The number of ether oxygens (including phenoxy) is 2. The molecule has 0 spiro atoms. The van der Waals surface area contributed by atoms with Gasteiger partial charge in [0.15, 0.2) is 0 Å². The molecule has 0 radical (unpaired) electrons. The fourth-order valence-corrected chi connectivity index (χ4v) is 3.68. The average Bonchev–Trinajstić information content (AvgIpc) is 3.14. The van der Waals surface area contributed by atoms with Crippen molar-refractivity contribution >= 4 is 16.9 Å². The maximum absolute atomic E-state index is 13.2. The Morgan fingerprint density at radius 3 is 2.26 bits per heavy atom. The fraction of sp³-hybridized carbons (Fsp3) is 0.200. The molecule has 1 amide bonds. The first kappa shape index (κ1) is 20.5. The molecular weight excluding hydrogens is 390 g/mol. The van der Waals surface area contributed by atoms with Crippen LogP contribution in [0.25, 0.3) is 11.0 Å². The van der Waals surface area contributed by atoms with Crippen LogP contribution in [0.15, 0.2) is 72.8 Å². The van der Waals surface area contributed by atoms with Crippen molar-refractivity contribution in [1.29, 1.82) is 0 Å². The van der Waals surface area contributed by atoms with Crippen LogP contribution < -0.4 is 14.8 Å². The lowest BCUT2D eigenvalue weighted by Crippen LogP contribution is -2.30. The Kier molecular flexibility index (Phi) is 5.89. The van der Waals surface area contributed by atoms with Crippen molar-refractivity contribution in [2.45, 2.75) is 12.5 Å². The Balaban J connectivity index is 1.66. The molecule has 0 aliphatic rings. The second kappa shape index (κ2) is 8.92. The summed E-state index contributed by atoms with van der Waals surface area (Å²) in [6.07, 6.45) is 0.558. The van der Waals surface area contributed by atoms with Gasteiger partial charge in [0, 0.05) is 25.1 Å². The summed E-state index contributed by atoms with van der Waals surface area (Å²) in [7, 11) is 5.13. The van der Waals surface area contributed by atoms with Gasteiger partial charge >= 0.3 is 0 Å².